The second-order valence-corrected chi connectivity index (χ2v) is 10.6. The Morgan fingerprint density at radius 3 is 2.22 bits per heavy atom. The number of hydrogen-bond donors (Lipinski definition) is 0. The molecule has 6 nitrogen and oxygen atoms in total. The maximum absolute atomic E-state index is 14.7. The largest absolute Gasteiger partial charge is 0.261 e. The first kappa shape index (κ1) is 20.7. The normalized spacial score (nSPS) is 16.2. The minimum atomic E-state index is -2.95. The Kier molecular flexibility index (Phi) is 4.59. The van der Waals surface area contributed by atoms with Gasteiger partial charge in [0.15, 0.2) is 11.6 Å². The minimum Gasteiger partial charge on any atom is -0.261 e. The van der Waals surface area contributed by atoms with Gasteiger partial charge in [0, 0.05) is 22.1 Å². The van der Waals surface area contributed by atoms with E-state index in [-0.39, 0.29) is 0 Å². The lowest BCUT2D eigenvalue weighted by molar-refractivity contribution is 0.676. The molecule has 4 aromatic carbocycles. The van der Waals surface area contributed by atoms with Crippen LogP contribution in [0.4, 0.5) is 5.82 Å². The van der Waals surface area contributed by atoms with E-state index in [1.807, 2.05) is 108 Å². The molecule has 7 heteroatoms. The van der Waals surface area contributed by atoms with Crippen LogP contribution in [0.3, 0.4) is 0 Å². The fraction of sp³-hybridized carbons (Fsp3) is 0. The molecular formula is C29H19N5OS. The highest BCUT2D eigenvalue weighted by Crippen LogP contribution is 2.49. The molecule has 0 radical (unpaired) electrons. The molecule has 0 saturated heterocycles. The molecule has 0 amide bonds. The molecule has 3 heterocycles. The van der Waals surface area contributed by atoms with Crippen molar-refractivity contribution in [1.82, 2.24) is 19.5 Å². The lowest BCUT2D eigenvalue weighted by atomic mass is 10.0. The molecule has 0 saturated carbocycles. The molecule has 0 bridgehead atoms. The fourth-order valence-electron chi connectivity index (χ4n) is 4.77. The molecule has 6 aromatic rings. The van der Waals surface area contributed by atoms with E-state index in [4.69, 9.17) is 9.35 Å². The highest BCUT2D eigenvalue weighted by molar-refractivity contribution is 7.94. The van der Waals surface area contributed by atoms with Crippen molar-refractivity contribution in [3.63, 3.8) is 0 Å². The quantitative estimate of drug-likeness (QED) is 0.280. The van der Waals surface area contributed by atoms with Gasteiger partial charge in [-0.2, -0.15) is 9.35 Å². The van der Waals surface area contributed by atoms with Crippen molar-refractivity contribution in [3.8, 4) is 28.5 Å². The molecule has 1 aliphatic heterocycles. The summed E-state index contributed by atoms with van der Waals surface area (Å²) in [6.45, 7) is 0. The third-order valence-electron chi connectivity index (χ3n) is 6.37. The smallest absolute Gasteiger partial charge is 0.239 e. The van der Waals surface area contributed by atoms with Gasteiger partial charge >= 0.3 is 0 Å². The van der Waals surface area contributed by atoms with Crippen molar-refractivity contribution in [2.45, 2.75) is 9.79 Å². The molecule has 1 aliphatic rings. The second kappa shape index (κ2) is 7.96. The molecule has 36 heavy (non-hydrogen) atoms. The molecule has 1 unspecified atom stereocenters. The summed E-state index contributed by atoms with van der Waals surface area (Å²) in [6, 6.07) is 35.1. The summed E-state index contributed by atoms with van der Waals surface area (Å²) in [5.74, 6) is 1.57. The highest BCUT2D eigenvalue weighted by Gasteiger charge is 2.32. The van der Waals surface area contributed by atoms with Crippen molar-refractivity contribution in [3.05, 3.63) is 116 Å². The Morgan fingerprint density at radius 1 is 0.694 bits per heavy atom. The van der Waals surface area contributed by atoms with E-state index in [1.54, 1.807) is 0 Å². The number of nitrogens with zero attached hydrogens (tertiary/aromatic N) is 5. The van der Waals surface area contributed by atoms with E-state index in [0.29, 0.717) is 27.4 Å². The van der Waals surface area contributed by atoms with Crippen molar-refractivity contribution in [2.75, 3.05) is 0 Å². The number of aromatic nitrogens is 4. The number of hydrogen-bond acceptors (Lipinski definition) is 5. The first-order valence-corrected chi connectivity index (χ1v) is 13.1. The Hall–Kier alpha value is -4.62. The zero-order chi connectivity index (χ0) is 24.1. The lowest BCUT2D eigenvalue weighted by Crippen LogP contribution is -2.09. The first-order chi connectivity index (χ1) is 17.7. The van der Waals surface area contributed by atoms with Crippen LogP contribution in [0, 0.1) is 0 Å². The summed E-state index contributed by atoms with van der Waals surface area (Å²) < 4.78 is 21.6. The van der Waals surface area contributed by atoms with Gasteiger partial charge < -0.3 is 0 Å². The number of fused-ring (bicyclic) bond motifs is 5. The van der Waals surface area contributed by atoms with Gasteiger partial charge in [-0.25, -0.2) is 14.2 Å². The van der Waals surface area contributed by atoms with Gasteiger partial charge in [0.1, 0.15) is 16.1 Å². The fourth-order valence-corrected chi connectivity index (χ4v) is 6.90. The van der Waals surface area contributed by atoms with Crippen LogP contribution in [-0.2, 0) is 9.73 Å². The van der Waals surface area contributed by atoms with E-state index < -0.39 is 9.73 Å². The third-order valence-corrected chi connectivity index (χ3v) is 8.67. The molecular weight excluding hydrogens is 466 g/mol. The summed E-state index contributed by atoms with van der Waals surface area (Å²) >= 11 is 0. The summed E-state index contributed by atoms with van der Waals surface area (Å²) in [7, 11) is -2.95. The predicted molar refractivity (Wildman–Crippen MR) is 141 cm³/mol. The predicted octanol–water partition coefficient (Wildman–Crippen LogP) is 6.68. The summed E-state index contributed by atoms with van der Waals surface area (Å²) in [5.41, 5.74) is 3.62. The average molecular weight is 486 g/mol. The van der Waals surface area contributed by atoms with Crippen molar-refractivity contribution < 1.29 is 4.21 Å². The number of benzene rings is 4. The third kappa shape index (κ3) is 3.03. The SMILES string of the molecule is O=S1(c2ccccc2)=Nc2c(c3ccccc3n2-c2ncnc(-c3ccccc3)n2)-c2ccccc21. The van der Waals surface area contributed by atoms with Crippen LogP contribution in [-0.4, -0.2) is 23.7 Å². The van der Waals surface area contributed by atoms with Gasteiger partial charge in [-0.05, 0) is 24.3 Å². The highest BCUT2D eigenvalue weighted by atomic mass is 32.2. The molecule has 0 spiro atoms. The summed E-state index contributed by atoms with van der Waals surface area (Å²) in [5, 5.41) is 1.000. The van der Waals surface area contributed by atoms with Gasteiger partial charge in [-0.15, -0.1) is 0 Å². The van der Waals surface area contributed by atoms with E-state index in [2.05, 4.69) is 16.0 Å². The van der Waals surface area contributed by atoms with E-state index in [9.17, 15) is 4.21 Å². The van der Waals surface area contributed by atoms with Crippen molar-refractivity contribution in [1.29, 1.82) is 0 Å². The maximum Gasteiger partial charge on any atom is 0.239 e. The molecule has 0 fully saturated rings. The molecule has 172 valence electrons. The van der Waals surface area contributed by atoms with E-state index in [0.717, 1.165) is 27.6 Å². The van der Waals surface area contributed by atoms with E-state index in [1.165, 1.54) is 6.33 Å². The van der Waals surface area contributed by atoms with Gasteiger partial charge in [0.2, 0.25) is 5.95 Å². The number of para-hydroxylation sites is 1. The zero-order valence-corrected chi connectivity index (χ0v) is 19.8. The van der Waals surface area contributed by atoms with Crippen LogP contribution in [0.5, 0.6) is 0 Å². The van der Waals surface area contributed by atoms with Gasteiger partial charge in [-0.1, -0.05) is 84.9 Å². The Balaban J connectivity index is 1.59. The van der Waals surface area contributed by atoms with Gasteiger partial charge in [-0.3, -0.25) is 4.57 Å². The average Bonchev–Trinajstić information content (AvgIpc) is 3.28. The molecule has 2 aromatic heterocycles. The van der Waals surface area contributed by atoms with Crippen LogP contribution in [0.25, 0.3) is 39.4 Å². The molecule has 0 aliphatic carbocycles. The van der Waals surface area contributed by atoms with Crippen LogP contribution < -0.4 is 0 Å². The Labute approximate surface area is 208 Å². The lowest BCUT2D eigenvalue weighted by Gasteiger charge is -2.20. The van der Waals surface area contributed by atoms with Crippen LogP contribution >= 0.6 is 0 Å². The van der Waals surface area contributed by atoms with Crippen LogP contribution in [0.15, 0.2) is 130 Å². The maximum atomic E-state index is 14.7. The Morgan fingerprint density at radius 2 is 1.39 bits per heavy atom. The van der Waals surface area contributed by atoms with Crippen molar-refractivity contribution >= 4 is 26.4 Å². The Bertz CT molecular complexity index is 1890. The first-order valence-electron chi connectivity index (χ1n) is 11.5. The standard InChI is InChI=1S/C29H19N5OS/c35-36(21-13-5-2-6-14-21)25-18-10-8-16-23(25)26-22-15-7-9-17-24(22)34(28(26)33-36)29-31-19-30-27(32-29)20-11-3-1-4-12-20/h1-19H. The van der Waals surface area contributed by atoms with Gasteiger partial charge in [0.05, 0.1) is 15.3 Å². The van der Waals surface area contributed by atoms with Crippen LogP contribution in [0.1, 0.15) is 0 Å². The topological polar surface area (TPSA) is 73.0 Å². The molecule has 0 N–H and O–H groups in total. The second-order valence-electron chi connectivity index (χ2n) is 8.45. The van der Waals surface area contributed by atoms with Crippen LogP contribution in [0.2, 0.25) is 0 Å². The number of rotatable bonds is 3. The van der Waals surface area contributed by atoms with Gasteiger partial charge in [0.25, 0.3) is 0 Å². The summed E-state index contributed by atoms with van der Waals surface area (Å²) in [6.07, 6.45) is 1.51. The van der Waals surface area contributed by atoms with Crippen molar-refractivity contribution in [2.24, 2.45) is 4.36 Å². The minimum absolute atomic E-state index is 0.430. The zero-order valence-electron chi connectivity index (χ0n) is 19.0. The van der Waals surface area contributed by atoms with E-state index >= 15 is 0 Å². The summed E-state index contributed by atoms with van der Waals surface area (Å²) in [4.78, 5) is 15.1. The monoisotopic (exact) mass is 485 g/mol. The molecule has 7 rings (SSSR count). The molecule has 1 atom stereocenters.